The lowest BCUT2D eigenvalue weighted by Crippen LogP contribution is -2.25. The molecular weight excluding hydrogens is 277 g/mol. The summed E-state index contributed by atoms with van der Waals surface area (Å²) >= 11 is 9.38. The quantitative estimate of drug-likeness (QED) is 0.874. The van der Waals surface area contributed by atoms with Gasteiger partial charge in [0.15, 0.2) is 0 Å². The van der Waals surface area contributed by atoms with Gasteiger partial charge in [-0.15, -0.1) is 0 Å². The fourth-order valence-corrected chi connectivity index (χ4v) is 2.08. The van der Waals surface area contributed by atoms with Crippen molar-refractivity contribution in [2.45, 2.75) is 19.4 Å². The number of halogens is 2. The van der Waals surface area contributed by atoms with Gasteiger partial charge in [0.1, 0.15) is 0 Å². The monoisotopic (exact) mass is 291 g/mol. The van der Waals surface area contributed by atoms with E-state index < -0.39 is 0 Å². The number of aliphatic hydroxyl groups is 1. The molecule has 1 aromatic rings. The minimum absolute atomic E-state index is 0.0574. The molecule has 15 heavy (non-hydrogen) atoms. The Morgan fingerprint density at radius 1 is 1.53 bits per heavy atom. The van der Waals surface area contributed by atoms with Gasteiger partial charge >= 0.3 is 0 Å². The molecule has 0 spiro atoms. The first-order chi connectivity index (χ1) is 7.19. The minimum Gasteiger partial charge on any atom is -0.394 e. The number of rotatable bonds is 5. The summed E-state index contributed by atoms with van der Waals surface area (Å²) in [6.07, 6.45) is 1.04. The van der Waals surface area contributed by atoms with Crippen molar-refractivity contribution in [2.24, 2.45) is 0 Å². The molecule has 0 amide bonds. The summed E-state index contributed by atoms with van der Waals surface area (Å²) in [5.41, 5.74) is 0.999. The van der Waals surface area contributed by atoms with E-state index >= 15 is 0 Å². The molecule has 4 heteroatoms. The summed E-state index contributed by atoms with van der Waals surface area (Å²) in [6.45, 7) is 3.04. The maximum Gasteiger partial charge on any atom is 0.0626 e. The zero-order chi connectivity index (χ0) is 11.3. The highest BCUT2D eigenvalue weighted by Gasteiger charge is 2.12. The molecule has 1 rings (SSSR count). The molecule has 1 unspecified atom stereocenters. The van der Waals surface area contributed by atoms with Gasteiger partial charge in [0.05, 0.1) is 12.6 Å². The van der Waals surface area contributed by atoms with Crippen LogP contribution < -0.4 is 5.32 Å². The normalized spacial score (nSPS) is 12.8. The Bertz CT molecular complexity index is 319. The number of benzene rings is 1. The van der Waals surface area contributed by atoms with Crippen molar-refractivity contribution in [2.75, 3.05) is 13.2 Å². The van der Waals surface area contributed by atoms with Crippen molar-refractivity contribution in [3.63, 3.8) is 0 Å². The fourth-order valence-electron chi connectivity index (χ4n) is 1.37. The second kappa shape index (κ2) is 6.48. The van der Waals surface area contributed by atoms with Crippen molar-refractivity contribution in [1.29, 1.82) is 0 Å². The Balaban J connectivity index is 2.85. The molecule has 2 N–H and O–H groups in total. The van der Waals surface area contributed by atoms with Crippen LogP contribution in [0, 0.1) is 0 Å². The zero-order valence-corrected chi connectivity index (χ0v) is 11.0. The minimum atomic E-state index is -0.0574. The van der Waals surface area contributed by atoms with Crippen LogP contribution in [0.1, 0.15) is 24.9 Å². The van der Waals surface area contributed by atoms with Crippen LogP contribution in [-0.4, -0.2) is 18.3 Å². The molecule has 1 aromatic carbocycles. The third-order valence-corrected chi connectivity index (χ3v) is 3.11. The van der Waals surface area contributed by atoms with E-state index in [-0.39, 0.29) is 12.6 Å². The molecule has 0 heterocycles. The lowest BCUT2D eigenvalue weighted by molar-refractivity contribution is 0.244. The van der Waals surface area contributed by atoms with Gasteiger partial charge in [-0.3, -0.25) is 0 Å². The lowest BCUT2D eigenvalue weighted by atomic mass is 10.1. The first kappa shape index (κ1) is 13.0. The number of aliphatic hydroxyl groups excluding tert-OH is 1. The third kappa shape index (κ3) is 3.76. The Hall–Kier alpha value is -0.0900. The van der Waals surface area contributed by atoms with Crippen LogP contribution in [0.2, 0.25) is 5.02 Å². The molecule has 0 fully saturated rings. The highest BCUT2D eigenvalue weighted by atomic mass is 79.9. The molecule has 0 aromatic heterocycles. The summed E-state index contributed by atoms with van der Waals surface area (Å²) in [4.78, 5) is 0. The van der Waals surface area contributed by atoms with Gasteiger partial charge in [0, 0.05) is 9.50 Å². The highest BCUT2D eigenvalue weighted by Crippen LogP contribution is 2.26. The molecule has 0 aliphatic heterocycles. The van der Waals surface area contributed by atoms with E-state index in [4.69, 9.17) is 11.6 Å². The Labute approximate surface area is 104 Å². The van der Waals surface area contributed by atoms with E-state index in [1.165, 1.54) is 0 Å². The third-order valence-electron chi connectivity index (χ3n) is 2.16. The van der Waals surface area contributed by atoms with E-state index in [9.17, 15) is 5.11 Å². The molecular formula is C11H15BrClNO. The van der Waals surface area contributed by atoms with Crippen molar-refractivity contribution in [3.05, 3.63) is 33.3 Å². The number of hydrogen-bond donors (Lipinski definition) is 2. The molecule has 1 atom stereocenters. The number of hydrogen-bond acceptors (Lipinski definition) is 2. The maximum atomic E-state index is 9.30. The molecule has 0 saturated heterocycles. The highest BCUT2D eigenvalue weighted by molar-refractivity contribution is 9.10. The Kier molecular flexibility index (Phi) is 5.61. The maximum absolute atomic E-state index is 9.30. The first-order valence-corrected chi connectivity index (χ1v) is 6.15. The number of nitrogens with one attached hydrogen (secondary N) is 1. The summed E-state index contributed by atoms with van der Waals surface area (Å²) in [7, 11) is 0. The molecule has 0 radical (unpaired) electrons. The molecule has 0 aliphatic carbocycles. The predicted molar refractivity (Wildman–Crippen MR) is 67.3 cm³/mol. The van der Waals surface area contributed by atoms with Crippen molar-refractivity contribution in [1.82, 2.24) is 5.32 Å². The summed E-state index contributed by atoms with van der Waals surface area (Å²) in [5, 5.41) is 13.2. The first-order valence-electron chi connectivity index (χ1n) is 4.98. The smallest absolute Gasteiger partial charge is 0.0626 e. The Morgan fingerprint density at radius 3 is 2.87 bits per heavy atom. The van der Waals surface area contributed by atoms with Gasteiger partial charge in [-0.05, 0) is 36.7 Å². The van der Waals surface area contributed by atoms with Gasteiger partial charge in [0.2, 0.25) is 0 Å². The van der Waals surface area contributed by atoms with Gasteiger partial charge in [-0.25, -0.2) is 0 Å². The summed E-state index contributed by atoms with van der Waals surface area (Å²) in [6, 6.07) is 5.53. The topological polar surface area (TPSA) is 32.3 Å². The van der Waals surface area contributed by atoms with Crippen LogP contribution in [-0.2, 0) is 0 Å². The van der Waals surface area contributed by atoms with Crippen molar-refractivity contribution >= 4 is 27.5 Å². The van der Waals surface area contributed by atoms with E-state index in [1.54, 1.807) is 0 Å². The Morgan fingerprint density at radius 2 is 2.27 bits per heavy atom. The van der Waals surface area contributed by atoms with E-state index in [0.717, 1.165) is 23.0 Å². The molecule has 84 valence electrons. The van der Waals surface area contributed by atoms with E-state index in [1.807, 2.05) is 18.2 Å². The zero-order valence-electron chi connectivity index (χ0n) is 8.63. The van der Waals surface area contributed by atoms with Crippen LogP contribution in [0.5, 0.6) is 0 Å². The van der Waals surface area contributed by atoms with Gasteiger partial charge in [0.25, 0.3) is 0 Å². The van der Waals surface area contributed by atoms with Crippen molar-refractivity contribution < 1.29 is 5.11 Å². The summed E-state index contributed by atoms with van der Waals surface area (Å²) in [5.74, 6) is 0. The fraction of sp³-hybridized carbons (Fsp3) is 0.455. The SMILES string of the molecule is CCCNC(CO)c1cc(Cl)ccc1Br. The van der Waals surface area contributed by atoms with Crippen LogP contribution in [0.25, 0.3) is 0 Å². The molecule has 0 bridgehead atoms. The molecule has 0 aliphatic rings. The van der Waals surface area contributed by atoms with Gasteiger partial charge < -0.3 is 10.4 Å². The second-order valence-corrected chi connectivity index (χ2v) is 4.65. The second-order valence-electron chi connectivity index (χ2n) is 3.36. The average molecular weight is 293 g/mol. The van der Waals surface area contributed by atoms with E-state index in [0.29, 0.717) is 5.02 Å². The van der Waals surface area contributed by atoms with Gasteiger partial charge in [-0.1, -0.05) is 34.5 Å². The largest absolute Gasteiger partial charge is 0.394 e. The van der Waals surface area contributed by atoms with Gasteiger partial charge in [-0.2, -0.15) is 0 Å². The molecule has 0 saturated carbocycles. The van der Waals surface area contributed by atoms with Crippen LogP contribution >= 0.6 is 27.5 Å². The van der Waals surface area contributed by atoms with Crippen molar-refractivity contribution in [3.8, 4) is 0 Å². The summed E-state index contributed by atoms with van der Waals surface area (Å²) < 4.78 is 0.967. The van der Waals surface area contributed by atoms with Crippen LogP contribution in [0.3, 0.4) is 0 Å². The van der Waals surface area contributed by atoms with Crippen LogP contribution in [0.15, 0.2) is 22.7 Å². The lowest BCUT2D eigenvalue weighted by Gasteiger charge is -2.18. The van der Waals surface area contributed by atoms with E-state index in [2.05, 4.69) is 28.2 Å². The average Bonchev–Trinajstić information content (AvgIpc) is 2.24. The molecule has 2 nitrogen and oxygen atoms in total. The van der Waals surface area contributed by atoms with Crippen LogP contribution in [0.4, 0.5) is 0 Å². The standard InChI is InChI=1S/C11H15BrClNO/c1-2-5-14-11(7-15)9-6-8(13)3-4-10(9)12/h3-4,6,11,14-15H,2,5,7H2,1H3. The predicted octanol–water partition coefficient (Wildman–Crippen LogP) is 3.14.